The molecule has 2 aromatic rings. The number of hydrogen-bond acceptors (Lipinski definition) is 6. The van der Waals surface area contributed by atoms with Gasteiger partial charge >= 0.3 is 0 Å². The highest BCUT2D eigenvalue weighted by Gasteiger charge is 2.32. The molecule has 0 aliphatic carbocycles. The van der Waals surface area contributed by atoms with Gasteiger partial charge in [-0.3, -0.25) is 19.5 Å². The number of nitrogens with one attached hydrogen (secondary N) is 2. The van der Waals surface area contributed by atoms with Gasteiger partial charge < -0.3 is 19.8 Å². The van der Waals surface area contributed by atoms with Crippen LogP contribution in [0.25, 0.3) is 0 Å². The summed E-state index contributed by atoms with van der Waals surface area (Å²) in [5.41, 5.74) is 0. The second-order valence-electron chi connectivity index (χ2n) is 6.38. The van der Waals surface area contributed by atoms with E-state index in [4.69, 9.17) is 9.15 Å². The van der Waals surface area contributed by atoms with Crippen molar-refractivity contribution in [3.63, 3.8) is 0 Å². The maximum atomic E-state index is 12.3. The summed E-state index contributed by atoms with van der Waals surface area (Å²) in [7, 11) is 0. The normalized spacial score (nSPS) is 17.4. The van der Waals surface area contributed by atoms with Gasteiger partial charge in [0.25, 0.3) is 0 Å². The number of pyridine rings is 1. The van der Waals surface area contributed by atoms with Gasteiger partial charge in [-0.25, -0.2) is 0 Å². The highest BCUT2D eigenvalue weighted by molar-refractivity contribution is 5.88. The lowest BCUT2D eigenvalue weighted by atomic mass is 10.1. The maximum Gasteiger partial charge on any atom is 0.237 e. The Labute approximate surface area is 157 Å². The summed E-state index contributed by atoms with van der Waals surface area (Å²) >= 11 is 0. The predicted molar refractivity (Wildman–Crippen MR) is 98.0 cm³/mol. The number of hydrogen-bond donors (Lipinski definition) is 2. The third kappa shape index (κ3) is 5.55. The Morgan fingerprint density at radius 2 is 2.33 bits per heavy atom. The van der Waals surface area contributed by atoms with E-state index in [0.29, 0.717) is 38.5 Å². The summed E-state index contributed by atoms with van der Waals surface area (Å²) in [6, 6.07) is 6.86. The zero-order valence-corrected chi connectivity index (χ0v) is 15.3. The third-order valence-electron chi connectivity index (χ3n) is 4.30. The van der Waals surface area contributed by atoms with Crippen LogP contribution in [0, 0.1) is 6.92 Å². The first-order valence-corrected chi connectivity index (χ1v) is 8.98. The highest BCUT2D eigenvalue weighted by atomic mass is 16.5. The lowest BCUT2D eigenvalue weighted by Crippen LogP contribution is -2.56. The molecule has 0 aromatic carbocycles. The van der Waals surface area contributed by atoms with Crippen molar-refractivity contribution in [2.24, 2.45) is 0 Å². The molecule has 2 aromatic heterocycles. The molecule has 3 rings (SSSR count). The Bertz CT molecular complexity index is 762. The van der Waals surface area contributed by atoms with Gasteiger partial charge in [0.2, 0.25) is 11.8 Å². The molecular weight excluding hydrogens is 348 g/mol. The zero-order chi connectivity index (χ0) is 19.1. The van der Waals surface area contributed by atoms with Crippen molar-refractivity contribution < 1.29 is 18.7 Å². The van der Waals surface area contributed by atoms with E-state index in [1.807, 2.05) is 24.0 Å². The summed E-state index contributed by atoms with van der Waals surface area (Å²) in [6.07, 6.45) is 3.38. The molecule has 27 heavy (non-hydrogen) atoms. The minimum atomic E-state index is -0.511. The van der Waals surface area contributed by atoms with E-state index in [9.17, 15) is 9.59 Å². The van der Waals surface area contributed by atoms with Gasteiger partial charge in [-0.2, -0.15) is 0 Å². The van der Waals surface area contributed by atoms with Crippen molar-refractivity contribution in [1.82, 2.24) is 20.5 Å². The molecule has 2 N–H and O–H groups in total. The van der Waals surface area contributed by atoms with Crippen molar-refractivity contribution in [2.45, 2.75) is 25.9 Å². The lowest BCUT2D eigenvalue weighted by Gasteiger charge is -2.34. The number of piperazine rings is 1. The largest absolute Gasteiger partial charge is 0.490 e. The van der Waals surface area contributed by atoms with Crippen LogP contribution in [0.15, 0.2) is 41.1 Å². The second kappa shape index (κ2) is 9.18. The Morgan fingerprint density at radius 1 is 1.44 bits per heavy atom. The maximum absolute atomic E-state index is 12.3. The van der Waals surface area contributed by atoms with Gasteiger partial charge in [0.05, 0.1) is 31.7 Å². The molecular formula is C19H24N4O4. The molecule has 1 fully saturated rings. The fourth-order valence-electron chi connectivity index (χ4n) is 2.98. The average molecular weight is 372 g/mol. The minimum Gasteiger partial charge on any atom is -0.490 e. The van der Waals surface area contributed by atoms with Crippen LogP contribution in [0.5, 0.6) is 5.75 Å². The van der Waals surface area contributed by atoms with E-state index in [2.05, 4.69) is 15.6 Å². The van der Waals surface area contributed by atoms with Crippen LogP contribution < -0.4 is 15.4 Å². The van der Waals surface area contributed by atoms with E-state index < -0.39 is 6.04 Å². The quantitative estimate of drug-likeness (QED) is 0.668. The average Bonchev–Trinajstić information content (AvgIpc) is 3.07. The molecule has 0 saturated carbocycles. The first-order chi connectivity index (χ1) is 13.1. The number of furan rings is 1. The summed E-state index contributed by atoms with van der Waals surface area (Å²) in [5.74, 6) is 1.95. The molecule has 0 spiro atoms. The van der Waals surface area contributed by atoms with Gasteiger partial charge in [-0.1, -0.05) is 0 Å². The smallest absolute Gasteiger partial charge is 0.237 e. The minimum absolute atomic E-state index is 0.0957. The topological polar surface area (TPSA) is 96.7 Å². The highest BCUT2D eigenvalue weighted by Crippen LogP contribution is 2.15. The summed E-state index contributed by atoms with van der Waals surface area (Å²) in [6.45, 7) is 4.32. The summed E-state index contributed by atoms with van der Waals surface area (Å²) in [5, 5.41) is 5.62. The lowest BCUT2D eigenvalue weighted by molar-refractivity contribution is -0.134. The Kier molecular flexibility index (Phi) is 6.43. The molecule has 3 heterocycles. The zero-order valence-electron chi connectivity index (χ0n) is 15.3. The number of rotatable bonds is 8. The van der Waals surface area contributed by atoms with Crippen molar-refractivity contribution in [1.29, 1.82) is 0 Å². The molecule has 2 amide bonds. The Hall–Kier alpha value is -2.87. The standard InChI is InChI=1S/C19H24N4O4/c1-14-4-5-16(27-14)13-23-9-7-22-19(25)17(23)11-18(24)21-8-10-26-15-3-2-6-20-12-15/h2-6,12,17H,7-11,13H2,1H3,(H,21,24)(H,22,25)/t17-/m1/s1. The molecule has 8 heteroatoms. The van der Waals surface area contributed by atoms with Crippen LogP contribution in [0.3, 0.4) is 0 Å². The number of nitrogens with zero attached hydrogens (tertiary/aromatic N) is 2. The van der Waals surface area contributed by atoms with Gasteiger partial charge in [0.1, 0.15) is 23.9 Å². The van der Waals surface area contributed by atoms with Gasteiger partial charge in [-0.05, 0) is 31.2 Å². The first kappa shape index (κ1) is 18.9. The van der Waals surface area contributed by atoms with Crippen LogP contribution in [-0.4, -0.2) is 54.0 Å². The molecule has 0 unspecified atom stereocenters. The SMILES string of the molecule is Cc1ccc(CN2CCNC(=O)[C@H]2CC(=O)NCCOc2cccnc2)o1. The van der Waals surface area contributed by atoms with E-state index in [1.165, 1.54) is 0 Å². The van der Waals surface area contributed by atoms with E-state index >= 15 is 0 Å². The molecule has 1 saturated heterocycles. The number of carbonyl (C=O) groups excluding carboxylic acids is 2. The predicted octanol–water partition coefficient (Wildman–Crippen LogP) is 0.869. The van der Waals surface area contributed by atoms with Crippen LogP contribution in [0.4, 0.5) is 0 Å². The molecule has 1 atom stereocenters. The fraction of sp³-hybridized carbons (Fsp3) is 0.421. The van der Waals surface area contributed by atoms with Crippen molar-refractivity contribution in [2.75, 3.05) is 26.2 Å². The third-order valence-corrected chi connectivity index (χ3v) is 4.30. The van der Waals surface area contributed by atoms with Gasteiger partial charge in [0, 0.05) is 19.3 Å². The second-order valence-corrected chi connectivity index (χ2v) is 6.38. The van der Waals surface area contributed by atoms with Crippen molar-refractivity contribution in [3.05, 3.63) is 48.2 Å². The van der Waals surface area contributed by atoms with Crippen molar-refractivity contribution in [3.8, 4) is 5.75 Å². The van der Waals surface area contributed by atoms with Crippen LogP contribution in [0.2, 0.25) is 0 Å². The van der Waals surface area contributed by atoms with Crippen LogP contribution in [-0.2, 0) is 16.1 Å². The molecule has 1 aliphatic rings. The Morgan fingerprint density at radius 3 is 3.07 bits per heavy atom. The summed E-state index contributed by atoms with van der Waals surface area (Å²) < 4.78 is 11.1. The van der Waals surface area contributed by atoms with Crippen LogP contribution in [0.1, 0.15) is 17.9 Å². The van der Waals surface area contributed by atoms with Gasteiger partial charge in [0.15, 0.2) is 0 Å². The molecule has 144 valence electrons. The van der Waals surface area contributed by atoms with Gasteiger partial charge in [-0.15, -0.1) is 0 Å². The number of ether oxygens (including phenoxy) is 1. The molecule has 0 bridgehead atoms. The fourth-order valence-corrected chi connectivity index (χ4v) is 2.98. The van der Waals surface area contributed by atoms with E-state index in [-0.39, 0.29) is 18.2 Å². The molecule has 8 nitrogen and oxygen atoms in total. The van der Waals surface area contributed by atoms with Crippen LogP contribution >= 0.6 is 0 Å². The van der Waals surface area contributed by atoms with E-state index in [0.717, 1.165) is 11.5 Å². The monoisotopic (exact) mass is 372 g/mol. The summed E-state index contributed by atoms with van der Waals surface area (Å²) in [4.78, 5) is 30.5. The molecule has 0 radical (unpaired) electrons. The molecule has 1 aliphatic heterocycles. The Balaban J connectivity index is 1.47. The number of carbonyl (C=O) groups is 2. The number of aryl methyl sites for hydroxylation is 1. The first-order valence-electron chi connectivity index (χ1n) is 8.98. The van der Waals surface area contributed by atoms with E-state index in [1.54, 1.807) is 24.5 Å². The number of aromatic nitrogens is 1. The van der Waals surface area contributed by atoms with Crippen molar-refractivity contribution >= 4 is 11.8 Å². The number of amides is 2.